The van der Waals surface area contributed by atoms with Crippen LogP contribution < -0.4 is 10.5 Å². The Hall–Kier alpha value is -1.10. The molecule has 1 fully saturated rings. The summed E-state index contributed by atoms with van der Waals surface area (Å²) >= 11 is 0. The van der Waals surface area contributed by atoms with E-state index in [0.29, 0.717) is 12.6 Å². The number of piperazine rings is 1. The molecule has 0 bridgehead atoms. The Kier molecular flexibility index (Phi) is 5.40. The normalized spacial score (nSPS) is 22.7. The molecule has 4 heteroatoms. The van der Waals surface area contributed by atoms with E-state index in [1.54, 1.807) is 0 Å². The lowest BCUT2D eigenvalue weighted by atomic mass is 10.0. The van der Waals surface area contributed by atoms with Gasteiger partial charge in [0, 0.05) is 43.8 Å². The molecule has 2 unspecified atom stereocenters. The van der Waals surface area contributed by atoms with E-state index in [9.17, 15) is 0 Å². The molecule has 2 rings (SSSR count). The SMILES string of the molecule is CCOc1ccccc1C(N)CN1CCN(C)CC1C. The molecule has 0 spiro atoms. The quantitative estimate of drug-likeness (QED) is 0.890. The largest absolute Gasteiger partial charge is 0.494 e. The Morgan fingerprint density at radius 2 is 2.10 bits per heavy atom. The zero-order chi connectivity index (χ0) is 14.5. The highest BCUT2D eigenvalue weighted by Gasteiger charge is 2.24. The second-order valence-corrected chi connectivity index (χ2v) is 5.68. The van der Waals surface area contributed by atoms with Crippen LogP contribution in [-0.4, -0.2) is 55.7 Å². The molecule has 0 saturated carbocycles. The smallest absolute Gasteiger partial charge is 0.124 e. The van der Waals surface area contributed by atoms with Crippen molar-refractivity contribution in [2.75, 3.05) is 39.8 Å². The van der Waals surface area contributed by atoms with Crippen molar-refractivity contribution < 1.29 is 4.74 Å². The molecule has 1 heterocycles. The molecule has 0 aromatic heterocycles. The van der Waals surface area contributed by atoms with Gasteiger partial charge < -0.3 is 15.4 Å². The van der Waals surface area contributed by atoms with Crippen LogP contribution >= 0.6 is 0 Å². The molecule has 1 aliphatic heterocycles. The summed E-state index contributed by atoms with van der Waals surface area (Å²) in [5.41, 5.74) is 7.53. The maximum Gasteiger partial charge on any atom is 0.124 e. The van der Waals surface area contributed by atoms with E-state index in [1.165, 1.54) is 0 Å². The van der Waals surface area contributed by atoms with Gasteiger partial charge in [0.2, 0.25) is 0 Å². The van der Waals surface area contributed by atoms with E-state index < -0.39 is 0 Å². The van der Waals surface area contributed by atoms with Crippen molar-refractivity contribution in [2.24, 2.45) is 5.73 Å². The predicted octanol–water partition coefficient (Wildman–Crippen LogP) is 1.72. The highest BCUT2D eigenvalue weighted by atomic mass is 16.5. The van der Waals surface area contributed by atoms with E-state index in [4.69, 9.17) is 10.5 Å². The van der Waals surface area contributed by atoms with Crippen molar-refractivity contribution in [3.05, 3.63) is 29.8 Å². The predicted molar refractivity (Wildman–Crippen MR) is 83.1 cm³/mol. The van der Waals surface area contributed by atoms with Gasteiger partial charge in [-0.1, -0.05) is 18.2 Å². The Morgan fingerprint density at radius 3 is 2.80 bits per heavy atom. The van der Waals surface area contributed by atoms with Crippen molar-refractivity contribution in [1.29, 1.82) is 0 Å². The number of ether oxygens (including phenoxy) is 1. The lowest BCUT2D eigenvalue weighted by molar-refractivity contribution is 0.0942. The first-order chi connectivity index (χ1) is 9.61. The molecular formula is C16H27N3O. The number of hydrogen-bond acceptors (Lipinski definition) is 4. The first-order valence-electron chi connectivity index (χ1n) is 7.51. The van der Waals surface area contributed by atoms with Crippen LogP contribution in [0.5, 0.6) is 5.75 Å². The second-order valence-electron chi connectivity index (χ2n) is 5.68. The Bertz CT molecular complexity index is 424. The van der Waals surface area contributed by atoms with E-state index in [-0.39, 0.29) is 6.04 Å². The molecule has 1 aromatic carbocycles. The van der Waals surface area contributed by atoms with Crippen LogP contribution in [0.4, 0.5) is 0 Å². The summed E-state index contributed by atoms with van der Waals surface area (Å²) in [6.07, 6.45) is 0. The molecule has 1 saturated heterocycles. The Morgan fingerprint density at radius 1 is 1.35 bits per heavy atom. The number of rotatable bonds is 5. The van der Waals surface area contributed by atoms with Crippen LogP contribution in [0.25, 0.3) is 0 Å². The highest BCUT2D eigenvalue weighted by molar-refractivity contribution is 5.36. The third-order valence-electron chi connectivity index (χ3n) is 4.02. The lowest BCUT2D eigenvalue weighted by Gasteiger charge is -2.39. The van der Waals surface area contributed by atoms with Crippen molar-refractivity contribution in [1.82, 2.24) is 9.80 Å². The third-order valence-corrected chi connectivity index (χ3v) is 4.02. The molecule has 4 nitrogen and oxygen atoms in total. The lowest BCUT2D eigenvalue weighted by Crippen LogP contribution is -2.52. The first kappa shape index (κ1) is 15.3. The van der Waals surface area contributed by atoms with Gasteiger partial charge in [0.05, 0.1) is 6.61 Å². The number of nitrogens with zero attached hydrogens (tertiary/aromatic N) is 2. The molecule has 20 heavy (non-hydrogen) atoms. The third kappa shape index (κ3) is 3.72. The fraction of sp³-hybridized carbons (Fsp3) is 0.625. The van der Waals surface area contributed by atoms with Crippen molar-refractivity contribution in [2.45, 2.75) is 25.9 Å². The molecule has 2 N–H and O–H groups in total. The standard InChI is InChI=1S/C16H27N3O/c1-4-20-16-8-6-5-7-14(16)15(17)12-19-10-9-18(3)11-13(19)2/h5-8,13,15H,4,9-12,17H2,1-3H3. The second kappa shape index (κ2) is 7.07. The fourth-order valence-electron chi connectivity index (χ4n) is 2.87. The van der Waals surface area contributed by atoms with Gasteiger partial charge >= 0.3 is 0 Å². The molecular weight excluding hydrogens is 250 g/mol. The summed E-state index contributed by atoms with van der Waals surface area (Å²) in [7, 11) is 2.18. The number of hydrogen-bond donors (Lipinski definition) is 1. The van der Waals surface area contributed by atoms with Gasteiger partial charge in [-0.15, -0.1) is 0 Å². The van der Waals surface area contributed by atoms with Crippen LogP contribution in [0.1, 0.15) is 25.5 Å². The number of para-hydroxylation sites is 1. The zero-order valence-corrected chi connectivity index (χ0v) is 12.9. The monoisotopic (exact) mass is 277 g/mol. The highest BCUT2D eigenvalue weighted by Crippen LogP contribution is 2.25. The van der Waals surface area contributed by atoms with E-state index in [2.05, 4.69) is 29.8 Å². The fourth-order valence-corrected chi connectivity index (χ4v) is 2.87. The first-order valence-corrected chi connectivity index (χ1v) is 7.51. The molecule has 1 aliphatic rings. The van der Waals surface area contributed by atoms with Gasteiger partial charge in [-0.2, -0.15) is 0 Å². The van der Waals surface area contributed by atoms with Crippen LogP contribution in [0, 0.1) is 0 Å². The minimum Gasteiger partial charge on any atom is -0.494 e. The van der Waals surface area contributed by atoms with E-state index in [1.807, 2.05) is 25.1 Å². The van der Waals surface area contributed by atoms with E-state index >= 15 is 0 Å². The van der Waals surface area contributed by atoms with Crippen LogP contribution in [0.15, 0.2) is 24.3 Å². The minimum atomic E-state index is 0.00334. The van der Waals surface area contributed by atoms with Crippen LogP contribution in [-0.2, 0) is 0 Å². The molecule has 112 valence electrons. The number of benzene rings is 1. The number of nitrogens with two attached hydrogens (primary N) is 1. The van der Waals surface area contributed by atoms with Gasteiger partial charge in [0.15, 0.2) is 0 Å². The van der Waals surface area contributed by atoms with Crippen molar-refractivity contribution in [3.63, 3.8) is 0 Å². The molecule has 2 atom stereocenters. The average molecular weight is 277 g/mol. The van der Waals surface area contributed by atoms with Gasteiger partial charge in [-0.3, -0.25) is 4.90 Å². The van der Waals surface area contributed by atoms with Crippen molar-refractivity contribution in [3.8, 4) is 5.75 Å². The summed E-state index contributed by atoms with van der Waals surface area (Å²) in [5.74, 6) is 0.921. The average Bonchev–Trinajstić information content (AvgIpc) is 2.43. The summed E-state index contributed by atoms with van der Waals surface area (Å²) < 4.78 is 5.68. The summed E-state index contributed by atoms with van der Waals surface area (Å²) in [6, 6.07) is 8.68. The molecule has 0 radical (unpaired) electrons. The topological polar surface area (TPSA) is 41.7 Å². The summed E-state index contributed by atoms with van der Waals surface area (Å²) in [5, 5.41) is 0. The summed E-state index contributed by atoms with van der Waals surface area (Å²) in [6.45, 7) is 9.15. The van der Waals surface area contributed by atoms with Gasteiger partial charge in [-0.05, 0) is 27.0 Å². The minimum absolute atomic E-state index is 0.00334. The Balaban J connectivity index is 2.02. The van der Waals surface area contributed by atoms with E-state index in [0.717, 1.165) is 37.5 Å². The van der Waals surface area contributed by atoms with Gasteiger partial charge in [0.25, 0.3) is 0 Å². The van der Waals surface area contributed by atoms with Crippen LogP contribution in [0.3, 0.4) is 0 Å². The summed E-state index contributed by atoms with van der Waals surface area (Å²) in [4.78, 5) is 4.86. The molecule has 1 aromatic rings. The van der Waals surface area contributed by atoms with Gasteiger partial charge in [-0.25, -0.2) is 0 Å². The maximum absolute atomic E-state index is 6.42. The number of likely N-dealkylation sites (N-methyl/N-ethyl adjacent to an activating group) is 1. The zero-order valence-electron chi connectivity index (χ0n) is 12.9. The van der Waals surface area contributed by atoms with Crippen molar-refractivity contribution >= 4 is 0 Å². The van der Waals surface area contributed by atoms with Crippen LogP contribution in [0.2, 0.25) is 0 Å². The maximum atomic E-state index is 6.42. The van der Waals surface area contributed by atoms with Gasteiger partial charge in [0.1, 0.15) is 5.75 Å². The Labute approximate surface area is 122 Å². The molecule has 0 aliphatic carbocycles. The molecule has 0 amide bonds.